The number of benzene rings is 7. The molecule has 1 heterocycles. The first kappa shape index (κ1) is 29.8. The average molecular weight is 656 g/mol. The number of allylic oxidation sites excluding steroid dienone is 1. The Morgan fingerprint density at radius 2 is 1.27 bits per heavy atom. The molecular weight excluding hydrogens is 619 g/mol. The molecule has 2 nitrogen and oxygen atoms in total. The average Bonchev–Trinajstić information content (AvgIpc) is 3.67. The summed E-state index contributed by atoms with van der Waals surface area (Å²) in [6.45, 7) is 4.69. The van der Waals surface area contributed by atoms with E-state index in [1.807, 2.05) is 0 Å². The molecule has 10 rings (SSSR count). The van der Waals surface area contributed by atoms with E-state index in [2.05, 4.69) is 183 Å². The monoisotopic (exact) mass is 655 g/mol. The summed E-state index contributed by atoms with van der Waals surface area (Å²) in [5, 5.41) is 2.33. The second kappa shape index (κ2) is 11.5. The molecule has 0 bridgehead atoms. The van der Waals surface area contributed by atoms with Crippen LogP contribution in [0.4, 0.5) is 17.1 Å². The molecule has 0 atom stereocenters. The van der Waals surface area contributed by atoms with Gasteiger partial charge in [0.05, 0.1) is 5.69 Å². The molecule has 1 aromatic heterocycles. The van der Waals surface area contributed by atoms with Crippen molar-refractivity contribution in [2.75, 3.05) is 4.90 Å². The van der Waals surface area contributed by atoms with Crippen molar-refractivity contribution in [2.24, 2.45) is 0 Å². The molecule has 0 fully saturated rings. The normalized spacial score (nSPS) is 14.0. The number of nitrogens with zero attached hydrogens (tertiary/aromatic N) is 1. The van der Waals surface area contributed by atoms with E-state index in [1.165, 1.54) is 66.7 Å². The smallest absolute Gasteiger partial charge is 0.143 e. The highest BCUT2D eigenvalue weighted by Gasteiger charge is 2.38. The number of hydrogen-bond donors (Lipinski definition) is 0. The quantitative estimate of drug-likeness (QED) is 0.183. The first-order valence-corrected chi connectivity index (χ1v) is 18.0. The predicted octanol–water partition coefficient (Wildman–Crippen LogP) is 13.7. The third kappa shape index (κ3) is 4.71. The minimum Gasteiger partial charge on any atom is -0.455 e. The molecular formula is C49H37NO. The van der Waals surface area contributed by atoms with Gasteiger partial charge in [0, 0.05) is 38.7 Å². The van der Waals surface area contributed by atoms with Gasteiger partial charge in [0.2, 0.25) is 0 Å². The molecule has 0 amide bonds. The Morgan fingerprint density at radius 1 is 0.569 bits per heavy atom. The lowest BCUT2D eigenvalue weighted by molar-refractivity contribution is 0.653. The van der Waals surface area contributed by atoms with Crippen LogP contribution in [-0.2, 0) is 11.8 Å². The molecule has 0 radical (unpaired) electrons. The molecule has 0 aliphatic heterocycles. The molecule has 2 heteroatoms. The molecule has 8 aromatic rings. The number of furan rings is 1. The van der Waals surface area contributed by atoms with E-state index in [4.69, 9.17) is 4.42 Å². The largest absolute Gasteiger partial charge is 0.455 e. The van der Waals surface area contributed by atoms with E-state index in [9.17, 15) is 0 Å². The lowest BCUT2D eigenvalue weighted by atomic mass is 9.82. The van der Waals surface area contributed by atoms with Crippen LogP contribution < -0.4 is 4.90 Å². The summed E-state index contributed by atoms with van der Waals surface area (Å²) in [6, 6.07) is 55.4. The number of fused-ring (bicyclic) bond motifs is 8. The van der Waals surface area contributed by atoms with Crippen LogP contribution in [0.15, 0.2) is 162 Å². The van der Waals surface area contributed by atoms with E-state index in [1.54, 1.807) is 0 Å². The Bertz CT molecular complexity index is 2600. The molecule has 244 valence electrons. The van der Waals surface area contributed by atoms with Crippen LogP contribution in [0, 0.1) is 0 Å². The van der Waals surface area contributed by atoms with Crippen LogP contribution in [-0.4, -0.2) is 0 Å². The van der Waals surface area contributed by atoms with Crippen molar-refractivity contribution < 1.29 is 4.42 Å². The molecule has 0 unspecified atom stereocenters. The Hall–Kier alpha value is -6.12. The van der Waals surface area contributed by atoms with Crippen molar-refractivity contribution in [1.29, 1.82) is 0 Å². The lowest BCUT2D eigenvalue weighted by Crippen LogP contribution is -2.16. The summed E-state index contributed by atoms with van der Waals surface area (Å²) in [5.74, 6) is 0. The third-order valence-electron chi connectivity index (χ3n) is 11.1. The number of para-hydroxylation sites is 1. The zero-order valence-corrected chi connectivity index (χ0v) is 28.9. The molecule has 0 saturated carbocycles. The van der Waals surface area contributed by atoms with Gasteiger partial charge in [0.15, 0.2) is 0 Å². The van der Waals surface area contributed by atoms with Gasteiger partial charge < -0.3 is 9.32 Å². The van der Waals surface area contributed by atoms with E-state index >= 15 is 0 Å². The highest BCUT2D eigenvalue weighted by atomic mass is 16.3. The van der Waals surface area contributed by atoms with Crippen molar-refractivity contribution in [3.8, 4) is 33.4 Å². The van der Waals surface area contributed by atoms with Gasteiger partial charge in [-0.2, -0.15) is 0 Å². The highest BCUT2D eigenvalue weighted by molar-refractivity contribution is 6.12. The van der Waals surface area contributed by atoms with E-state index in [0.29, 0.717) is 0 Å². The standard InChI is InChI=1S/C49H37NO/c1-49(2)43-26-24-37(31-42(43)47-44(49)27-25-41-40-21-11-12-23-46(40)51-48(41)47)50(45-22-13-19-34-18-9-10-20-39(34)45)38-29-35(32-14-5-3-6-15-32)28-36(30-38)33-16-7-4-8-17-33/h3-8,10-17,19-31H,9,18H2,1-2H3. The fourth-order valence-electron chi connectivity index (χ4n) is 8.55. The summed E-state index contributed by atoms with van der Waals surface area (Å²) < 4.78 is 6.70. The number of anilines is 3. The van der Waals surface area contributed by atoms with Crippen molar-refractivity contribution in [3.63, 3.8) is 0 Å². The maximum atomic E-state index is 6.70. The Balaban J connectivity index is 1.25. The summed E-state index contributed by atoms with van der Waals surface area (Å²) in [7, 11) is 0. The second-order valence-corrected chi connectivity index (χ2v) is 14.4. The second-order valence-electron chi connectivity index (χ2n) is 14.4. The molecule has 7 aromatic carbocycles. The molecule has 0 spiro atoms. The van der Waals surface area contributed by atoms with Gasteiger partial charge in [-0.1, -0.05) is 135 Å². The topological polar surface area (TPSA) is 16.4 Å². The van der Waals surface area contributed by atoms with Gasteiger partial charge >= 0.3 is 0 Å². The zero-order chi connectivity index (χ0) is 34.1. The van der Waals surface area contributed by atoms with Crippen LogP contribution in [0.2, 0.25) is 0 Å². The van der Waals surface area contributed by atoms with Gasteiger partial charge in [0.25, 0.3) is 0 Å². The van der Waals surface area contributed by atoms with Crippen molar-refractivity contribution >= 4 is 45.1 Å². The van der Waals surface area contributed by atoms with Crippen LogP contribution >= 0.6 is 0 Å². The zero-order valence-electron chi connectivity index (χ0n) is 28.9. The summed E-state index contributed by atoms with van der Waals surface area (Å²) >= 11 is 0. The molecule has 0 N–H and O–H groups in total. The Morgan fingerprint density at radius 3 is 2.04 bits per heavy atom. The van der Waals surface area contributed by atoms with Gasteiger partial charge in [-0.15, -0.1) is 0 Å². The van der Waals surface area contributed by atoms with Crippen LogP contribution in [0.3, 0.4) is 0 Å². The number of rotatable bonds is 5. The minimum atomic E-state index is -0.163. The van der Waals surface area contributed by atoms with Crippen LogP contribution in [0.5, 0.6) is 0 Å². The molecule has 51 heavy (non-hydrogen) atoms. The fourth-order valence-corrected chi connectivity index (χ4v) is 8.55. The van der Waals surface area contributed by atoms with Crippen molar-refractivity contribution in [2.45, 2.75) is 32.1 Å². The van der Waals surface area contributed by atoms with Gasteiger partial charge in [0.1, 0.15) is 11.2 Å². The molecule has 2 aliphatic rings. The van der Waals surface area contributed by atoms with E-state index in [-0.39, 0.29) is 5.41 Å². The van der Waals surface area contributed by atoms with E-state index < -0.39 is 0 Å². The summed E-state index contributed by atoms with van der Waals surface area (Å²) in [6.07, 6.45) is 6.75. The van der Waals surface area contributed by atoms with Gasteiger partial charge in [-0.05, 0) is 99.8 Å². The van der Waals surface area contributed by atoms with Gasteiger partial charge in [-0.3, -0.25) is 0 Å². The highest BCUT2D eigenvalue weighted by Crippen LogP contribution is 2.54. The fraction of sp³-hybridized carbons (Fsp3) is 0.102. The SMILES string of the molecule is CC1(C)c2ccc(N(c3cc(-c4ccccc4)cc(-c4ccccc4)c3)c3cccc4c3C=CCC4)cc2-c2c1ccc1c2oc2ccccc21. The Labute approximate surface area is 298 Å². The van der Waals surface area contributed by atoms with Crippen molar-refractivity contribution in [1.82, 2.24) is 0 Å². The van der Waals surface area contributed by atoms with Gasteiger partial charge in [-0.25, -0.2) is 0 Å². The first-order valence-electron chi connectivity index (χ1n) is 18.0. The molecule has 0 saturated heterocycles. The maximum absolute atomic E-state index is 6.70. The van der Waals surface area contributed by atoms with Crippen LogP contribution in [0.1, 0.15) is 42.5 Å². The van der Waals surface area contributed by atoms with E-state index in [0.717, 1.165) is 40.8 Å². The minimum absolute atomic E-state index is 0.163. The molecule has 2 aliphatic carbocycles. The summed E-state index contributed by atoms with van der Waals surface area (Å²) in [5.41, 5.74) is 17.7. The van der Waals surface area contributed by atoms with Crippen molar-refractivity contribution in [3.05, 3.63) is 180 Å². The third-order valence-corrected chi connectivity index (χ3v) is 11.1. The number of aryl methyl sites for hydroxylation is 1. The Kier molecular flexibility index (Phi) is 6.69. The lowest BCUT2D eigenvalue weighted by Gasteiger charge is -2.30. The van der Waals surface area contributed by atoms with Crippen LogP contribution in [0.25, 0.3) is 61.4 Å². The predicted molar refractivity (Wildman–Crippen MR) is 214 cm³/mol. The summed E-state index contributed by atoms with van der Waals surface area (Å²) in [4.78, 5) is 2.48. The first-order chi connectivity index (χ1) is 25.0. The number of hydrogen-bond acceptors (Lipinski definition) is 2. The maximum Gasteiger partial charge on any atom is 0.143 e.